The molecule has 1 rings (SSSR count). The van der Waals surface area contributed by atoms with E-state index in [9.17, 15) is 0 Å². The standard InChI is InChI=1S/C12H21NOS/c1-12(2,3)13-7-5-8-14-10-11-6-4-9-15-11/h4,6,9,13H,5,7-8,10H2,1-3H3. The Labute approximate surface area is 96.7 Å². The van der Waals surface area contributed by atoms with E-state index in [-0.39, 0.29) is 5.54 Å². The molecule has 86 valence electrons. The van der Waals surface area contributed by atoms with Gasteiger partial charge in [0.05, 0.1) is 6.61 Å². The van der Waals surface area contributed by atoms with Crippen LogP contribution in [0.1, 0.15) is 32.1 Å². The maximum absolute atomic E-state index is 5.56. The molecule has 0 aliphatic heterocycles. The van der Waals surface area contributed by atoms with Gasteiger partial charge < -0.3 is 10.1 Å². The van der Waals surface area contributed by atoms with Crippen LogP contribution in [-0.4, -0.2) is 18.7 Å². The molecule has 0 saturated heterocycles. The van der Waals surface area contributed by atoms with Crippen LogP contribution in [0.4, 0.5) is 0 Å². The van der Waals surface area contributed by atoms with Gasteiger partial charge in [0.15, 0.2) is 0 Å². The van der Waals surface area contributed by atoms with Gasteiger partial charge in [-0.1, -0.05) is 6.07 Å². The topological polar surface area (TPSA) is 21.3 Å². The minimum atomic E-state index is 0.216. The van der Waals surface area contributed by atoms with Crippen LogP contribution in [0.5, 0.6) is 0 Å². The van der Waals surface area contributed by atoms with Crippen LogP contribution in [0.15, 0.2) is 17.5 Å². The van der Waals surface area contributed by atoms with Crippen molar-refractivity contribution in [3.05, 3.63) is 22.4 Å². The summed E-state index contributed by atoms with van der Waals surface area (Å²) in [4.78, 5) is 1.30. The second-order valence-electron chi connectivity index (χ2n) is 4.66. The highest BCUT2D eigenvalue weighted by Crippen LogP contribution is 2.09. The van der Waals surface area contributed by atoms with Gasteiger partial charge >= 0.3 is 0 Å². The van der Waals surface area contributed by atoms with Gasteiger partial charge in [-0.15, -0.1) is 11.3 Å². The van der Waals surface area contributed by atoms with Gasteiger partial charge in [-0.05, 0) is 45.2 Å². The van der Waals surface area contributed by atoms with Crippen LogP contribution in [0.25, 0.3) is 0 Å². The van der Waals surface area contributed by atoms with Gasteiger partial charge in [-0.25, -0.2) is 0 Å². The van der Waals surface area contributed by atoms with E-state index in [0.29, 0.717) is 0 Å². The smallest absolute Gasteiger partial charge is 0.0809 e. The lowest BCUT2D eigenvalue weighted by Crippen LogP contribution is -2.36. The Balaban J connectivity index is 1.94. The van der Waals surface area contributed by atoms with E-state index in [1.165, 1.54) is 4.88 Å². The molecule has 0 fully saturated rings. The summed E-state index contributed by atoms with van der Waals surface area (Å²) in [6.45, 7) is 9.15. The minimum Gasteiger partial charge on any atom is -0.376 e. The quantitative estimate of drug-likeness (QED) is 0.754. The zero-order valence-corrected chi connectivity index (χ0v) is 10.7. The Morgan fingerprint density at radius 3 is 2.80 bits per heavy atom. The zero-order chi connectivity index (χ0) is 11.1. The molecule has 0 atom stereocenters. The van der Waals surface area contributed by atoms with E-state index in [1.54, 1.807) is 11.3 Å². The maximum Gasteiger partial charge on any atom is 0.0809 e. The van der Waals surface area contributed by atoms with Crippen molar-refractivity contribution >= 4 is 11.3 Å². The first-order chi connectivity index (χ1) is 7.08. The fraction of sp³-hybridized carbons (Fsp3) is 0.667. The van der Waals surface area contributed by atoms with E-state index < -0.39 is 0 Å². The average molecular weight is 227 g/mol. The van der Waals surface area contributed by atoms with Gasteiger partial charge in [0.2, 0.25) is 0 Å². The first kappa shape index (κ1) is 12.7. The lowest BCUT2D eigenvalue weighted by Gasteiger charge is -2.20. The molecule has 0 aliphatic rings. The van der Waals surface area contributed by atoms with Crippen molar-refractivity contribution in [1.29, 1.82) is 0 Å². The van der Waals surface area contributed by atoms with E-state index in [1.807, 2.05) is 0 Å². The monoisotopic (exact) mass is 227 g/mol. The lowest BCUT2D eigenvalue weighted by molar-refractivity contribution is 0.119. The Bertz CT molecular complexity index is 251. The van der Waals surface area contributed by atoms with Crippen LogP contribution >= 0.6 is 11.3 Å². The van der Waals surface area contributed by atoms with Crippen LogP contribution in [-0.2, 0) is 11.3 Å². The van der Waals surface area contributed by atoms with Crippen LogP contribution in [0, 0.1) is 0 Å². The number of nitrogens with one attached hydrogen (secondary N) is 1. The highest BCUT2D eigenvalue weighted by atomic mass is 32.1. The van der Waals surface area contributed by atoms with Crippen molar-refractivity contribution in [1.82, 2.24) is 5.32 Å². The van der Waals surface area contributed by atoms with Gasteiger partial charge in [0, 0.05) is 17.0 Å². The highest BCUT2D eigenvalue weighted by Gasteiger charge is 2.06. The van der Waals surface area contributed by atoms with Crippen LogP contribution < -0.4 is 5.32 Å². The summed E-state index contributed by atoms with van der Waals surface area (Å²) >= 11 is 1.75. The molecule has 15 heavy (non-hydrogen) atoms. The fourth-order valence-electron chi connectivity index (χ4n) is 1.21. The molecule has 0 saturated carbocycles. The third-order valence-electron chi connectivity index (χ3n) is 1.95. The summed E-state index contributed by atoms with van der Waals surface area (Å²) in [5.41, 5.74) is 0.216. The molecule has 0 bridgehead atoms. The van der Waals surface area contributed by atoms with E-state index in [4.69, 9.17) is 4.74 Å². The average Bonchev–Trinajstić information content (AvgIpc) is 2.61. The molecule has 0 aromatic carbocycles. The Morgan fingerprint density at radius 2 is 2.20 bits per heavy atom. The number of hydrogen-bond acceptors (Lipinski definition) is 3. The van der Waals surface area contributed by atoms with Crippen molar-refractivity contribution in [3.63, 3.8) is 0 Å². The van der Waals surface area contributed by atoms with Gasteiger partial charge in [-0.2, -0.15) is 0 Å². The predicted molar refractivity (Wildman–Crippen MR) is 66.3 cm³/mol. The summed E-state index contributed by atoms with van der Waals surface area (Å²) in [7, 11) is 0. The maximum atomic E-state index is 5.56. The molecular weight excluding hydrogens is 206 g/mol. The molecule has 1 aromatic heterocycles. The van der Waals surface area contributed by atoms with Crippen molar-refractivity contribution < 1.29 is 4.74 Å². The molecular formula is C12H21NOS. The predicted octanol–water partition coefficient (Wildman–Crippen LogP) is 3.04. The minimum absolute atomic E-state index is 0.216. The second-order valence-corrected chi connectivity index (χ2v) is 5.69. The van der Waals surface area contributed by atoms with Crippen molar-refractivity contribution in [2.24, 2.45) is 0 Å². The Kier molecular flexibility index (Phi) is 5.29. The van der Waals surface area contributed by atoms with Crippen molar-refractivity contribution in [2.75, 3.05) is 13.2 Å². The fourth-order valence-corrected chi connectivity index (χ4v) is 1.85. The SMILES string of the molecule is CC(C)(C)NCCCOCc1cccs1. The molecule has 2 nitrogen and oxygen atoms in total. The van der Waals surface area contributed by atoms with E-state index in [0.717, 1.165) is 26.2 Å². The first-order valence-corrected chi connectivity index (χ1v) is 6.31. The molecule has 3 heteroatoms. The molecule has 0 spiro atoms. The highest BCUT2D eigenvalue weighted by molar-refractivity contribution is 7.09. The van der Waals surface area contributed by atoms with Crippen molar-refractivity contribution in [3.8, 4) is 0 Å². The largest absolute Gasteiger partial charge is 0.376 e. The molecule has 0 amide bonds. The lowest BCUT2D eigenvalue weighted by atomic mass is 10.1. The summed E-state index contributed by atoms with van der Waals surface area (Å²) in [5.74, 6) is 0. The molecule has 1 heterocycles. The first-order valence-electron chi connectivity index (χ1n) is 5.43. The Hall–Kier alpha value is -0.380. The molecule has 1 aromatic rings. The molecule has 0 radical (unpaired) electrons. The van der Waals surface area contributed by atoms with Gasteiger partial charge in [-0.3, -0.25) is 0 Å². The van der Waals surface area contributed by atoms with Crippen LogP contribution in [0.2, 0.25) is 0 Å². The van der Waals surface area contributed by atoms with Gasteiger partial charge in [0.1, 0.15) is 0 Å². The number of rotatable bonds is 6. The Morgan fingerprint density at radius 1 is 1.40 bits per heavy atom. The normalized spacial score (nSPS) is 11.9. The molecule has 0 unspecified atom stereocenters. The molecule has 0 aliphatic carbocycles. The van der Waals surface area contributed by atoms with E-state index in [2.05, 4.69) is 43.6 Å². The number of hydrogen-bond donors (Lipinski definition) is 1. The molecule has 1 N–H and O–H groups in total. The van der Waals surface area contributed by atoms with E-state index >= 15 is 0 Å². The summed E-state index contributed by atoms with van der Waals surface area (Å²) in [6.07, 6.45) is 1.07. The van der Waals surface area contributed by atoms with Crippen LogP contribution in [0.3, 0.4) is 0 Å². The third-order valence-corrected chi connectivity index (χ3v) is 2.80. The second kappa shape index (κ2) is 6.26. The van der Waals surface area contributed by atoms with Crippen molar-refractivity contribution in [2.45, 2.75) is 39.3 Å². The number of thiophene rings is 1. The van der Waals surface area contributed by atoms with Gasteiger partial charge in [0.25, 0.3) is 0 Å². The summed E-state index contributed by atoms with van der Waals surface area (Å²) < 4.78 is 5.56. The third kappa shape index (κ3) is 6.66. The zero-order valence-electron chi connectivity index (χ0n) is 9.88. The summed E-state index contributed by atoms with van der Waals surface area (Å²) in [6, 6.07) is 4.17. The number of ether oxygens (including phenoxy) is 1. The summed E-state index contributed by atoms with van der Waals surface area (Å²) in [5, 5.41) is 5.52.